The number of carboxylic acid groups (broad SMARTS) is 1. The van der Waals surface area contributed by atoms with Gasteiger partial charge in [-0.1, -0.05) is 6.07 Å². The van der Waals surface area contributed by atoms with Crippen molar-refractivity contribution < 1.29 is 9.90 Å². The summed E-state index contributed by atoms with van der Waals surface area (Å²) in [6.45, 7) is 1.04. The Labute approximate surface area is 95.7 Å². The molecule has 0 aliphatic heterocycles. The molecule has 3 nitrogen and oxygen atoms in total. The van der Waals surface area contributed by atoms with E-state index in [1.165, 1.54) is 11.1 Å². The van der Waals surface area contributed by atoms with E-state index in [9.17, 15) is 4.79 Å². The van der Waals surface area contributed by atoms with E-state index in [0.29, 0.717) is 11.5 Å². The third-order valence-corrected chi connectivity index (χ3v) is 3.18. The molecule has 86 valence electrons. The minimum absolute atomic E-state index is 0.407. The highest BCUT2D eigenvalue weighted by atomic mass is 16.4. The molecule has 0 saturated heterocycles. The summed E-state index contributed by atoms with van der Waals surface area (Å²) in [5, 5.41) is 8.92. The lowest BCUT2D eigenvalue weighted by molar-refractivity contribution is 0.0697. The average Bonchev–Trinajstić information content (AvgIpc) is 2.60. The Bertz CT molecular complexity index is 412. The standard InChI is InChI=1S/C13H17NO2/c1-14(2)8-11-4-3-9-7-10(13(15)16)5-6-12(9)11/h5-7,11H,3-4,8H2,1-2H3,(H,15,16). The second-order valence-corrected chi connectivity index (χ2v) is 4.72. The summed E-state index contributed by atoms with van der Waals surface area (Å²) >= 11 is 0. The molecule has 1 N–H and O–H groups in total. The predicted octanol–water partition coefficient (Wildman–Crippen LogP) is 1.98. The SMILES string of the molecule is CN(C)CC1CCc2cc(C(=O)O)ccc21. The van der Waals surface area contributed by atoms with Gasteiger partial charge in [0.05, 0.1) is 5.56 Å². The number of hydrogen-bond acceptors (Lipinski definition) is 2. The maximum absolute atomic E-state index is 10.9. The molecule has 1 aromatic carbocycles. The smallest absolute Gasteiger partial charge is 0.335 e. The molecule has 1 aliphatic rings. The van der Waals surface area contributed by atoms with E-state index >= 15 is 0 Å². The number of hydrogen-bond donors (Lipinski definition) is 1. The molecule has 0 amide bonds. The van der Waals surface area contributed by atoms with Crippen LogP contribution in [-0.2, 0) is 6.42 Å². The van der Waals surface area contributed by atoms with Crippen molar-refractivity contribution in [1.82, 2.24) is 4.90 Å². The van der Waals surface area contributed by atoms with Crippen LogP contribution in [0.2, 0.25) is 0 Å². The number of likely N-dealkylation sites (N-methyl/N-ethyl adjacent to an activating group) is 1. The van der Waals surface area contributed by atoms with Crippen LogP contribution in [0.5, 0.6) is 0 Å². The summed E-state index contributed by atoms with van der Waals surface area (Å²) in [5.41, 5.74) is 2.95. The molecule has 2 rings (SSSR count). The van der Waals surface area contributed by atoms with Gasteiger partial charge in [-0.3, -0.25) is 0 Å². The van der Waals surface area contributed by atoms with Crippen LogP contribution in [0.25, 0.3) is 0 Å². The highest BCUT2D eigenvalue weighted by molar-refractivity contribution is 5.88. The van der Waals surface area contributed by atoms with Gasteiger partial charge in [-0.05, 0) is 56.1 Å². The van der Waals surface area contributed by atoms with Gasteiger partial charge >= 0.3 is 5.97 Å². The zero-order chi connectivity index (χ0) is 11.7. The van der Waals surface area contributed by atoms with Crippen molar-refractivity contribution in [3.8, 4) is 0 Å². The molecule has 1 unspecified atom stereocenters. The van der Waals surface area contributed by atoms with E-state index in [1.807, 2.05) is 12.1 Å². The number of rotatable bonds is 3. The summed E-state index contributed by atoms with van der Waals surface area (Å²) < 4.78 is 0. The van der Waals surface area contributed by atoms with Gasteiger partial charge in [0, 0.05) is 6.54 Å². The van der Waals surface area contributed by atoms with Gasteiger partial charge in [-0.15, -0.1) is 0 Å². The van der Waals surface area contributed by atoms with Gasteiger partial charge in [-0.2, -0.15) is 0 Å². The molecule has 16 heavy (non-hydrogen) atoms. The number of carboxylic acids is 1. The number of fused-ring (bicyclic) bond motifs is 1. The van der Waals surface area contributed by atoms with Crippen molar-refractivity contribution >= 4 is 5.97 Å². The molecule has 3 heteroatoms. The number of carbonyl (C=O) groups is 1. The number of aromatic carboxylic acids is 1. The molecule has 0 heterocycles. The number of aryl methyl sites for hydroxylation is 1. The Morgan fingerprint density at radius 2 is 2.25 bits per heavy atom. The van der Waals surface area contributed by atoms with E-state index in [-0.39, 0.29) is 0 Å². The van der Waals surface area contributed by atoms with E-state index in [1.54, 1.807) is 6.07 Å². The fourth-order valence-electron chi connectivity index (χ4n) is 2.47. The molecule has 1 aliphatic carbocycles. The van der Waals surface area contributed by atoms with Crippen molar-refractivity contribution in [3.05, 3.63) is 34.9 Å². The third kappa shape index (κ3) is 2.09. The van der Waals surface area contributed by atoms with Gasteiger partial charge < -0.3 is 10.0 Å². The predicted molar refractivity (Wildman–Crippen MR) is 63.0 cm³/mol. The van der Waals surface area contributed by atoms with Gasteiger partial charge in [0.25, 0.3) is 0 Å². The lowest BCUT2D eigenvalue weighted by atomic mass is 9.99. The van der Waals surface area contributed by atoms with Crippen LogP contribution in [-0.4, -0.2) is 36.6 Å². The topological polar surface area (TPSA) is 40.5 Å². The molecule has 0 fully saturated rings. The summed E-state index contributed by atoms with van der Waals surface area (Å²) in [6, 6.07) is 5.53. The fraction of sp³-hybridized carbons (Fsp3) is 0.462. The summed E-state index contributed by atoms with van der Waals surface area (Å²) in [5.74, 6) is -0.272. The molecule has 0 bridgehead atoms. The van der Waals surface area contributed by atoms with Crippen molar-refractivity contribution in [2.75, 3.05) is 20.6 Å². The van der Waals surface area contributed by atoms with E-state index in [4.69, 9.17) is 5.11 Å². The van der Waals surface area contributed by atoms with Crippen molar-refractivity contribution in [3.63, 3.8) is 0 Å². The lowest BCUT2D eigenvalue weighted by Gasteiger charge is -2.17. The molecule has 0 aromatic heterocycles. The quantitative estimate of drug-likeness (QED) is 0.845. The minimum Gasteiger partial charge on any atom is -0.478 e. The summed E-state index contributed by atoms with van der Waals surface area (Å²) in [7, 11) is 4.15. The van der Waals surface area contributed by atoms with Crippen LogP contribution in [0, 0.1) is 0 Å². The van der Waals surface area contributed by atoms with Crippen LogP contribution in [0.1, 0.15) is 33.8 Å². The van der Waals surface area contributed by atoms with Gasteiger partial charge in [0.15, 0.2) is 0 Å². The highest BCUT2D eigenvalue weighted by Gasteiger charge is 2.23. The maximum Gasteiger partial charge on any atom is 0.335 e. The van der Waals surface area contributed by atoms with Crippen molar-refractivity contribution in [2.45, 2.75) is 18.8 Å². The second-order valence-electron chi connectivity index (χ2n) is 4.72. The van der Waals surface area contributed by atoms with Crippen molar-refractivity contribution in [2.24, 2.45) is 0 Å². The molecular formula is C13H17NO2. The molecule has 0 radical (unpaired) electrons. The number of benzene rings is 1. The summed E-state index contributed by atoms with van der Waals surface area (Å²) in [4.78, 5) is 13.0. The fourth-order valence-corrected chi connectivity index (χ4v) is 2.47. The first-order chi connectivity index (χ1) is 7.58. The second kappa shape index (κ2) is 4.26. The first-order valence-electron chi connectivity index (χ1n) is 5.59. The Morgan fingerprint density at radius 3 is 2.88 bits per heavy atom. The van der Waals surface area contributed by atoms with E-state index in [0.717, 1.165) is 19.4 Å². The Kier molecular flexibility index (Phi) is 2.97. The molecule has 1 atom stereocenters. The van der Waals surface area contributed by atoms with Crippen LogP contribution >= 0.6 is 0 Å². The van der Waals surface area contributed by atoms with Gasteiger partial charge in [-0.25, -0.2) is 4.79 Å². The third-order valence-electron chi connectivity index (χ3n) is 3.18. The zero-order valence-electron chi connectivity index (χ0n) is 9.73. The molecule has 1 aromatic rings. The first kappa shape index (κ1) is 11.1. The average molecular weight is 219 g/mol. The van der Waals surface area contributed by atoms with E-state index < -0.39 is 5.97 Å². The van der Waals surface area contributed by atoms with E-state index in [2.05, 4.69) is 19.0 Å². The minimum atomic E-state index is -0.834. The van der Waals surface area contributed by atoms with Crippen LogP contribution in [0.15, 0.2) is 18.2 Å². The van der Waals surface area contributed by atoms with Crippen LogP contribution in [0.3, 0.4) is 0 Å². The van der Waals surface area contributed by atoms with Crippen LogP contribution in [0.4, 0.5) is 0 Å². The molecular weight excluding hydrogens is 202 g/mol. The highest BCUT2D eigenvalue weighted by Crippen LogP contribution is 2.33. The summed E-state index contributed by atoms with van der Waals surface area (Å²) in [6.07, 6.45) is 2.14. The van der Waals surface area contributed by atoms with Crippen molar-refractivity contribution in [1.29, 1.82) is 0 Å². The number of nitrogens with zero attached hydrogens (tertiary/aromatic N) is 1. The Hall–Kier alpha value is -1.35. The van der Waals surface area contributed by atoms with Crippen LogP contribution < -0.4 is 0 Å². The lowest BCUT2D eigenvalue weighted by Crippen LogP contribution is -2.18. The maximum atomic E-state index is 10.9. The largest absolute Gasteiger partial charge is 0.478 e. The first-order valence-corrected chi connectivity index (χ1v) is 5.59. The zero-order valence-corrected chi connectivity index (χ0v) is 9.73. The monoisotopic (exact) mass is 219 g/mol. The normalized spacial score (nSPS) is 18.8. The molecule has 0 spiro atoms. The van der Waals surface area contributed by atoms with Gasteiger partial charge in [0.2, 0.25) is 0 Å². The van der Waals surface area contributed by atoms with Gasteiger partial charge in [0.1, 0.15) is 0 Å². The Morgan fingerprint density at radius 1 is 1.50 bits per heavy atom. The Balaban J connectivity index is 2.25. The molecule has 0 saturated carbocycles.